The number of hydrogen-bond donors (Lipinski definition) is 0. The van der Waals surface area contributed by atoms with Gasteiger partial charge < -0.3 is 9.64 Å². The Morgan fingerprint density at radius 1 is 1.12 bits per heavy atom. The Labute approximate surface area is 154 Å². The number of morpholine rings is 1. The van der Waals surface area contributed by atoms with Crippen LogP contribution in [0.25, 0.3) is 10.8 Å². The molecule has 1 aromatic heterocycles. The Bertz CT molecular complexity index is 765. The number of pyridine rings is 1. The van der Waals surface area contributed by atoms with Gasteiger partial charge in [0.25, 0.3) is 5.91 Å². The van der Waals surface area contributed by atoms with Crippen molar-refractivity contribution in [1.29, 1.82) is 0 Å². The van der Waals surface area contributed by atoms with Crippen LogP contribution in [0.3, 0.4) is 0 Å². The molecule has 2 aromatic rings. The minimum absolute atomic E-state index is 0.0632. The molecule has 0 radical (unpaired) electrons. The molecule has 5 heteroatoms. The first-order valence-electron chi connectivity index (χ1n) is 9.68. The summed E-state index contributed by atoms with van der Waals surface area (Å²) in [7, 11) is 0. The highest BCUT2D eigenvalue weighted by molar-refractivity contribution is 5.96. The number of ether oxygens (including phenoxy) is 1. The molecule has 2 saturated heterocycles. The molecule has 1 amide bonds. The lowest BCUT2D eigenvalue weighted by atomic mass is 9.89. The molecule has 0 saturated carbocycles. The second-order valence-corrected chi connectivity index (χ2v) is 7.44. The van der Waals surface area contributed by atoms with Gasteiger partial charge in [0.1, 0.15) is 5.69 Å². The van der Waals surface area contributed by atoms with Gasteiger partial charge in [-0.1, -0.05) is 24.3 Å². The van der Waals surface area contributed by atoms with Gasteiger partial charge in [0.05, 0.1) is 13.2 Å². The molecule has 0 N–H and O–H groups in total. The smallest absolute Gasteiger partial charge is 0.272 e. The molecule has 4 rings (SSSR count). The molecule has 5 nitrogen and oxygen atoms in total. The SMILES string of the molecule is C[C@H](C1CCN(C(=O)c2cc3ccccc3cn2)CC1)N1CCOCC1. The van der Waals surface area contributed by atoms with Crippen molar-refractivity contribution in [2.24, 2.45) is 5.92 Å². The maximum absolute atomic E-state index is 12.9. The summed E-state index contributed by atoms with van der Waals surface area (Å²) in [5, 5.41) is 2.14. The molecule has 0 spiro atoms. The van der Waals surface area contributed by atoms with Crippen LogP contribution >= 0.6 is 0 Å². The van der Waals surface area contributed by atoms with Crippen LogP contribution in [-0.2, 0) is 4.74 Å². The number of nitrogens with zero attached hydrogens (tertiary/aromatic N) is 3. The second-order valence-electron chi connectivity index (χ2n) is 7.44. The summed E-state index contributed by atoms with van der Waals surface area (Å²) < 4.78 is 5.46. The Kier molecular flexibility index (Phi) is 5.18. The van der Waals surface area contributed by atoms with Crippen molar-refractivity contribution in [3.63, 3.8) is 0 Å². The van der Waals surface area contributed by atoms with Gasteiger partial charge >= 0.3 is 0 Å². The first-order valence-corrected chi connectivity index (χ1v) is 9.68. The maximum Gasteiger partial charge on any atom is 0.272 e. The summed E-state index contributed by atoms with van der Waals surface area (Å²) >= 11 is 0. The van der Waals surface area contributed by atoms with Crippen LogP contribution in [0.1, 0.15) is 30.3 Å². The van der Waals surface area contributed by atoms with E-state index in [2.05, 4.69) is 16.8 Å². The molecular formula is C21H27N3O2. The fourth-order valence-electron chi connectivity index (χ4n) is 4.23. The predicted molar refractivity (Wildman–Crippen MR) is 102 cm³/mol. The van der Waals surface area contributed by atoms with Gasteiger partial charge in [-0.2, -0.15) is 0 Å². The fraction of sp³-hybridized carbons (Fsp3) is 0.524. The predicted octanol–water partition coefficient (Wildman–Crippen LogP) is 2.81. The highest BCUT2D eigenvalue weighted by atomic mass is 16.5. The molecule has 1 aromatic carbocycles. The lowest BCUT2D eigenvalue weighted by Crippen LogP contribution is -2.49. The van der Waals surface area contributed by atoms with Crippen LogP contribution in [0.15, 0.2) is 36.5 Å². The third kappa shape index (κ3) is 3.60. The van der Waals surface area contributed by atoms with E-state index in [0.717, 1.165) is 63.0 Å². The van der Waals surface area contributed by atoms with E-state index in [1.165, 1.54) is 0 Å². The zero-order chi connectivity index (χ0) is 17.9. The number of amides is 1. The molecular weight excluding hydrogens is 326 g/mol. The Hall–Kier alpha value is -1.98. The molecule has 2 aliphatic heterocycles. The third-order valence-electron chi connectivity index (χ3n) is 5.98. The van der Waals surface area contributed by atoms with Crippen molar-refractivity contribution in [1.82, 2.24) is 14.8 Å². The summed E-state index contributed by atoms with van der Waals surface area (Å²) in [5.41, 5.74) is 0.559. The van der Waals surface area contributed by atoms with Crippen molar-refractivity contribution in [2.75, 3.05) is 39.4 Å². The molecule has 3 heterocycles. The van der Waals surface area contributed by atoms with Gasteiger partial charge in [-0.25, -0.2) is 0 Å². The largest absolute Gasteiger partial charge is 0.379 e. The highest BCUT2D eigenvalue weighted by Gasteiger charge is 2.30. The Morgan fingerprint density at radius 3 is 2.54 bits per heavy atom. The lowest BCUT2D eigenvalue weighted by molar-refractivity contribution is -0.000985. The third-order valence-corrected chi connectivity index (χ3v) is 5.98. The monoisotopic (exact) mass is 353 g/mol. The van der Waals surface area contributed by atoms with E-state index < -0.39 is 0 Å². The van der Waals surface area contributed by atoms with E-state index in [4.69, 9.17) is 4.74 Å². The van der Waals surface area contributed by atoms with Gasteiger partial charge in [-0.3, -0.25) is 14.7 Å². The van der Waals surface area contributed by atoms with Crippen molar-refractivity contribution in [3.05, 3.63) is 42.2 Å². The number of fused-ring (bicyclic) bond motifs is 1. The summed E-state index contributed by atoms with van der Waals surface area (Å²) in [6.45, 7) is 7.73. The van der Waals surface area contributed by atoms with Crippen LogP contribution in [0, 0.1) is 5.92 Å². The van der Waals surface area contributed by atoms with Crippen molar-refractivity contribution < 1.29 is 9.53 Å². The van der Waals surface area contributed by atoms with Crippen LogP contribution in [0.2, 0.25) is 0 Å². The lowest BCUT2D eigenvalue weighted by Gasteiger charge is -2.41. The summed E-state index contributed by atoms with van der Waals surface area (Å²) in [6, 6.07) is 10.5. The van der Waals surface area contributed by atoms with Crippen LogP contribution in [0.4, 0.5) is 0 Å². The van der Waals surface area contributed by atoms with Crippen LogP contribution < -0.4 is 0 Å². The fourth-order valence-corrected chi connectivity index (χ4v) is 4.23. The average Bonchev–Trinajstić information content (AvgIpc) is 2.73. The number of aromatic nitrogens is 1. The van der Waals surface area contributed by atoms with E-state index in [-0.39, 0.29) is 5.91 Å². The number of hydrogen-bond acceptors (Lipinski definition) is 4. The van der Waals surface area contributed by atoms with Crippen molar-refractivity contribution >= 4 is 16.7 Å². The van der Waals surface area contributed by atoms with E-state index in [1.807, 2.05) is 35.2 Å². The van der Waals surface area contributed by atoms with E-state index >= 15 is 0 Å². The zero-order valence-corrected chi connectivity index (χ0v) is 15.4. The molecule has 0 aliphatic carbocycles. The van der Waals surface area contributed by atoms with E-state index in [1.54, 1.807) is 6.20 Å². The van der Waals surface area contributed by atoms with Gasteiger partial charge in [-0.05, 0) is 37.1 Å². The average molecular weight is 353 g/mol. The zero-order valence-electron chi connectivity index (χ0n) is 15.4. The minimum Gasteiger partial charge on any atom is -0.379 e. The summed E-state index contributed by atoms with van der Waals surface area (Å²) in [5.74, 6) is 0.718. The van der Waals surface area contributed by atoms with E-state index in [9.17, 15) is 4.79 Å². The van der Waals surface area contributed by atoms with Gasteiger partial charge in [-0.15, -0.1) is 0 Å². The number of benzene rings is 1. The first kappa shape index (κ1) is 17.4. The van der Waals surface area contributed by atoms with Gasteiger partial charge in [0, 0.05) is 43.8 Å². The molecule has 0 bridgehead atoms. The standard InChI is InChI=1S/C21H27N3O2/c1-16(23-10-12-26-13-11-23)17-6-8-24(9-7-17)21(25)20-14-18-4-2-3-5-19(18)15-22-20/h2-5,14-17H,6-13H2,1H3/t16-/m1/s1. The topological polar surface area (TPSA) is 45.7 Å². The summed E-state index contributed by atoms with van der Waals surface area (Å²) in [4.78, 5) is 21.8. The molecule has 26 heavy (non-hydrogen) atoms. The molecule has 2 aliphatic rings. The Morgan fingerprint density at radius 2 is 1.81 bits per heavy atom. The Balaban J connectivity index is 1.38. The number of rotatable bonds is 3. The van der Waals surface area contributed by atoms with Crippen LogP contribution in [-0.4, -0.2) is 66.1 Å². The van der Waals surface area contributed by atoms with E-state index in [0.29, 0.717) is 17.7 Å². The van der Waals surface area contributed by atoms with Gasteiger partial charge in [0.15, 0.2) is 0 Å². The van der Waals surface area contributed by atoms with Gasteiger partial charge in [0.2, 0.25) is 0 Å². The number of piperidine rings is 1. The van der Waals surface area contributed by atoms with Crippen LogP contribution in [0.5, 0.6) is 0 Å². The second kappa shape index (κ2) is 7.72. The number of likely N-dealkylation sites (tertiary alicyclic amines) is 1. The first-order chi connectivity index (χ1) is 12.7. The highest BCUT2D eigenvalue weighted by Crippen LogP contribution is 2.25. The van der Waals surface area contributed by atoms with Crippen molar-refractivity contribution in [3.8, 4) is 0 Å². The number of carbonyl (C=O) groups is 1. The number of carbonyl (C=O) groups excluding carboxylic acids is 1. The maximum atomic E-state index is 12.9. The summed E-state index contributed by atoms with van der Waals surface area (Å²) in [6.07, 6.45) is 3.94. The minimum atomic E-state index is 0.0632. The normalized spacial score (nSPS) is 21.0. The quantitative estimate of drug-likeness (QED) is 0.851. The molecule has 1 atom stereocenters. The molecule has 138 valence electrons. The molecule has 2 fully saturated rings. The van der Waals surface area contributed by atoms with Crippen molar-refractivity contribution in [2.45, 2.75) is 25.8 Å². The molecule has 0 unspecified atom stereocenters.